The first-order chi connectivity index (χ1) is 13.7. The summed E-state index contributed by atoms with van der Waals surface area (Å²) in [6.07, 6.45) is 5.12. The molecule has 0 radical (unpaired) electrons. The predicted molar refractivity (Wildman–Crippen MR) is 106 cm³/mol. The van der Waals surface area contributed by atoms with Crippen molar-refractivity contribution < 1.29 is 14.6 Å². The lowest BCUT2D eigenvalue weighted by Crippen LogP contribution is -2.05. The third-order valence-electron chi connectivity index (χ3n) is 4.19. The number of phenols is 1. The van der Waals surface area contributed by atoms with Crippen molar-refractivity contribution in [1.29, 1.82) is 0 Å². The Bertz CT molecular complexity index is 1150. The smallest absolute Gasteiger partial charge is 0.338 e. The fourth-order valence-electron chi connectivity index (χ4n) is 2.96. The quantitative estimate of drug-likeness (QED) is 0.513. The van der Waals surface area contributed by atoms with Gasteiger partial charge in [0.15, 0.2) is 5.65 Å². The van der Waals surface area contributed by atoms with Gasteiger partial charge in [-0.25, -0.2) is 9.78 Å². The monoisotopic (exact) mass is 374 g/mol. The number of nitrogens with zero attached hydrogens (tertiary/aromatic N) is 3. The van der Waals surface area contributed by atoms with Gasteiger partial charge in [-0.2, -0.15) is 0 Å². The van der Waals surface area contributed by atoms with Crippen molar-refractivity contribution >= 4 is 23.1 Å². The standard InChI is InChI=1S/C21H18N4O3/c1-2-28-21(27)15-6-3-7-16(11-15)23-20-19(14-5-4-8-17(26)12-14)24-18-13-22-9-10-25(18)20/h3-13,23,26H,2H2,1H3. The summed E-state index contributed by atoms with van der Waals surface area (Å²) in [5, 5.41) is 13.2. The average molecular weight is 374 g/mol. The Morgan fingerprint density at radius 3 is 2.89 bits per heavy atom. The maximum atomic E-state index is 12.0. The maximum absolute atomic E-state index is 12.0. The Morgan fingerprint density at radius 1 is 1.21 bits per heavy atom. The van der Waals surface area contributed by atoms with Gasteiger partial charge in [-0.3, -0.25) is 9.38 Å². The van der Waals surface area contributed by atoms with E-state index in [0.29, 0.717) is 35.0 Å². The van der Waals surface area contributed by atoms with Crippen molar-refractivity contribution in [2.24, 2.45) is 0 Å². The highest BCUT2D eigenvalue weighted by molar-refractivity contribution is 5.91. The van der Waals surface area contributed by atoms with Crippen LogP contribution in [-0.4, -0.2) is 32.1 Å². The number of ether oxygens (including phenoxy) is 1. The number of fused-ring (bicyclic) bond motifs is 1. The zero-order chi connectivity index (χ0) is 19.5. The summed E-state index contributed by atoms with van der Waals surface area (Å²) >= 11 is 0. The molecule has 28 heavy (non-hydrogen) atoms. The third-order valence-corrected chi connectivity index (χ3v) is 4.19. The lowest BCUT2D eigenvalue weighted by atomic mass is 10.1. The molecule has 0 bridgehead atoms. The number of benzene rings is 2. The van der Waals surface area contributed by atoms with Gasteiger partial charge in [0.25, 0.3) is 0 Å². The lowest BCUT2D eigenvalue weighted by Gasteiger charge is -2.10. The Morgan fingerprint density at radius 2 is 2.07 bits per heavy atom. The fraction of sp³-hybridized carbons (Fsp3) is 0.0952. The fourth-order valence-corrected chi connectivity index (χ4v) is 2.96. The van der Waals surface area contributed by atoms with E-state index in [1.54, 1.807) is 61.9 Å². The number of aromatic nitrogens is 3. The first-order valence-corrected chi connectivity index (χ1v) is 8.81. The van der Waals surface area contributed by atoms with Gasteiger partial charge in [-0.05, 0) is 37.3 Å². The number of aromatic hydroxyl groups is 1. The van der Waals surface area contributed by atoms with E-state index in [-0.39, 0.29) is 11.7 Å². The van der Waals surface area contributed by atoms with Crippen LogP contribution in [-0.2, 0) is 4.74 Å². The van der Waals surface area contributed by atoms with Crippen LogP contribution in [0.1, 0.15) is 17.3 Å². The minimum atomic E-state index is -0.373. The zero-order valence-electron chi connectivity index (χ0n) is 15.2. The Hall–Kier alpha value is -3.87. The second-order valence-corrected chi connectivity index (χ2v) is 6.09. The molecule has 0 aliphatic rings. The summed E-state index contributed by atoms with van der Waals surface area (Å²) in [4.78, 5) is 20.8. The van der Waals surface area contributed by atoms with Gasteiger partial charge in [0, 0.05) is 23.6 Å². The average Bonchev–Trinajstić information content (AvgIpc) is 3.07. The summed E-state index contributed by atoms with van der Waals surface area (Å²) in [6.45, 7) is 2.09. The van der Waals surface area contributed by atoms with Gasteiger partial charge in [0.05, 0.1) is 18.4 Å². The Balaban J connectivity index is 1.79. The summed E-state index contributed by atoms with van der Waals surface area (Å²) in [6, 6.07) is 14.0. The van der Waals surface area contributed by atoms with Crippen LogP contribution >= 0.6 is 0 Å². The van der Waals surface area contributed by atoms with E-state index in [1.807, 2.05) is 16.5 Å². The first-order valence-electron chi connectivity index (χ1n) is 8.81. The van der Waals surface area contributed by atoms with Gasteiger partial charge in [0.2, 0.25) is 0 Å². The molecular weight excluding hydrogens is 356 g/mol. The molecule has 7 heteroatoms. The van der Waals surface area contributed by atoms with E-state index in [0.717, 1.165) is 5.56 Å². The summed E-state index contributed by atoms with van der Waals surface area (Å²) < 4.78 is 6.94. The van der Waals surface area contributed by atoms with Crippen molar-refractivity contribution in [3.63, 3.8) is 0 Å². The van der Waals surface area contributed by atoms with E-state index in [4.69, 9.17) is 4.74 Å². The molecule has 0 saturated heterocycles. The van der Waals surface area contributed by atoms with Crippen LogP contribution in [0.2, 0.25) is 0 Å². The second-order valence-electron chi connectivity index (χ2n) is 6.09. The van der Waals surface area contributed by atoms with Gasteiger partial charge >= 0.3 is 5.97 Å². The van der Waals surface area contributed by atoms with E-state index in [9.17, 15) is 9.90 Å². The number of anilines is 2. The van der Waals surface area contributed by atoms with Gasteiger partial charge in [-0.1, -0.05) is 18.2 Å². The molecular formula is C21H18N4O3. The van der Waals surface area contributed by atoms with Crippen molar-refractivity contribution in [3.8, 4) is 17.0 Å². The van der Waals surface area contributed by atoms with Crippen LogP contribution in [0.15, 0.2) is 67.1 Å². The Kier molecular flexibility index (Phi) is 4.63. The molecule has 0 spiro atoms. The molecule has 0 atom stereocenters. The summed E-state index contributed by atoms with van der Waals surface area (Å²) in [7, 11) is 0. The molecule has 0 aliphatic carbocycles. The molecule has 2 N–H and O–H groups in total. The van der Waals surface area contributed by atoms with Gasteiger partial charge in [0.1, 0.15) is 17.3 Å². The maximum Gasteiger partial charge on any atom is 0.338 e. The number of imidazole rings is 1. The topological polar surface area (TPSA) is 88.8 Å². The highest BCUT2D eigenvalue weighted by Crippen LogP contribution is 2.32. The van der Waals surface area contributed by atoms with Crippen LogP contribution in [0.5, 0.6) is 5.75 Å². The number of hydrogen-bond donors (Lipinski definition) is 2. The minimum absolute atomic E-state index is 0.155. The van der Waals surface area contributed by atoms with E-state index in [2.05, 4.69) is 15.3 Å². The van der Waals surface area contributed by atoms with E-state index in [1.165, 1.54) is 0 Å². The SMILES string of the molecule is CCOC(=O)c1cccc(Nc2c(-c3cccc(O)c3)nc3cnccn23)c1. The molecule has 0 unspecified atom stereocenters. The highest BCUT2D eigenvalue weighted by Gasteiger charge is 2.16. The van der Waals surface area contributed by atoms with Gasteiger partial charge in [-0.15, -0.1) is 0 Å². The molecule has 0 saturated carbocycles. The first kappa shape index (κ1) is 17.5. The molecule has 2 heterocycles. The second kappa shape index (κ2) is 7.40. The van der Waals surface area contributed by atoms with Crippen LogP contribution in [0, 0.1) is 0 Å². The van der Waals surface area contributed by atoms with Crippen LogP contribution in [0.25, 0.3) is 16.9 Å². The number of phenolic OH excluding ortho intramolecular Hbond substituents is 1. The summed E-state index contributed by atoms with van der Waals surface area (Å²) in [5.74, 6) is 0.480. The van der Waals surface area contributed by atoms with Crippen molar-refractivity contribution in [3.05, 3.63) is 72.7 Å². The molecule has 2 aromatic carbocycles. The molecule has 0 fully saturated rings. The van der Waals surface area contributed by atoms with Gasteiger partial charge < -0.3 is 15.2 Å². The predicted octanol–water partition coefficient (Wildman–Crippen LogP) is 4.02. The van der Waals surface area contributed by atoms with Crippen LogP contribution < -0.4 is 5.32 Å². The molecule has 4 aromatic rings. The summed E-state index contributed by atoms with van der Waals surface area (Å²) in [5.41, 5.74) is 3.25. The third kappa shape index (κ3) is 3.37. The normalized spacial score (nSPS) is 10.8. The number of esters is 1. The minimum Gasteiger partial charge on any atom is -0.508 e. The van der Waals surface area contributed by atoms with E-state index < -0.39 is 0 Å². The Labute approximate surface area is 161 Å². The lowest BCUT2D eigenvalue weighted by molar-refractivity contribution is 0.0526. The van der Waals surface area contributed by atoms with E-state index >= 15 is 0 Å². The van der Waals surface area contributed by atoms with Crippen molar-refractivity contribution in [1.82, 2.24) is 14.4 Å². The number of hydrogen-bond acceptors (Lipinski definition) is 6. The largest absolute Gasteiger partial charge is 0.508 e. The van der Waals surface area contributed by atoms with Crippen LogP contribution in [0.4, 0.5) is 11.5 Å². The molecule has 0 aliphatic heterocycles. The molecule has 4 rings (SSSR count). The van der Waals surface area contributed by atoms with Crippen molar-refractivity contribution in [2.75, 3.05) is 11.9 Å². The molecule has 2 aromatic heterocycles. The van der Waals surface area contributed by atoms with Crippen LogP contribution in [0.3, 0.4) is 0 Å². The highest BCUT2D eigenvalue weighted by atomic mass is 16.5. The molecule has 0 amide bonds. The molecule has 140 valence electrons. The number of nitrogens with one attached hydrogen (secondary N) is 1. The zero-order valence-corrected chi connectivity index (χ0v) is 15.2. The number of rotatable bonds is 5. The number of carbonyl (C=O) groups excluding carboxylic acids is 1. The molecule has 7 nitrogen and oxygen atoms in total. The number of carbonyl (C=O) groups is 1. The van der Waals surface area contributed by atoms with Crippen molar-refractivity contribution in [2.45, 2.75) is 6.92 Å².